The van der Waals surface area contributed by atoms with Crippen LogP contribution in [0.3, 0.4) is 0 Å². The summed E-state index contributed by atoms with van der Waals surface area (Å²) >= 11 is 0. The molecule has 1 aromatic heterocycles. The first kappa shape index (κ1) is 45.0. The van der Waals surface area contributed by atoms with Crippen molar-refractivity contribution < 1.29 is 39.0 Å². The topological polar surface area (TPSA) is 228 Å². The fraction of sp³-hybridized carbons (Fsp3) is 0.435. The number of phenolic OH excluding ortho intramolecular Hbond substituents is 2. The molecule has 5 N–H and O–H groups in total. The maximum Gasteiger partial charge on any atom is 0.255 e. The standard InChI is InChI=1S/C45H53N7O7.CHNO/c1-6-40-48-49-42(33-20-31(25(2)3)38(54)22-39(33)55)52(40)29-12-10-27(11-13-29)23-50-18-16-28(17-19-50)37(53)21-32(26(4)5)43(57)46-35-9-7-8-30-34(35)24-51(45(30)59)36-14-15-41(56)47-44(36)58;2-1-3/h7-13,20,22,25-26,28,32,36,54-55H,6,14-19,21,23-24H2,1-5H3,(H,46,57)(H,47,56,58);2H/t32-,36?;/m0./s1. The Morgan fingerprint density at radius 2 is 1.65 bits per heavy atom. The Balaban J connectivity index is 0.00000208. The van der Waals surface area contributed by atoms with Crippen LogP contribution in [0.5, 0.6) is 11.5 Å². The summed E-state index contributed by atoms with van der Waals surface area (Å²) in [7, 11) is 0. The molecule has 4 amide bonds. The summed E-state index contributed by atoms with van der Waals surface area (Å²) < 4.78 is 1.94. The number of benzene rings is 3. The van der Waals surface area contributed by atoms with E-state index in [2.05, 4.69) is 37.9 Å². The SMILES string of the molecule is CCc1nnc(-c2cc(C(C)C)c(O)cc2O)n1-c1ccc(CN2CCC(C(=O)C[C@H](C(=O)Nc3cccc4c3CN(C3CCC(=O)NC3=O)C4=O)C(C)C)CC2)cc1.N=C=O. The van der Waals surface area contributed by atoms with Crippen LogP contribution in [0, 0.1) is 23.2 Å². The zero-order valence-corrected chi connectivity index (χ0v) is 35.7. The van der Waals surface area contributed by atoms with Crippen LogP contribution in [0.4, 0.5) is 5.69 Å². The number of rotatable bonds is 13. The molecule has 1 unspecified atom stereocenters. The van der Waals surface area contributed by atoms with Gasteiger partial charge in [-0.25, -0.2) is 10.2 Å². The van der Waals surface area contributed by atoms with Crippen molar-refractivity contribution in [3.63, 3.8) is 0 Å². The minimum absolute atomic E-state index is 0.0406. The van der Waals surface area contributed by atoms with Crippen LogP contribution in [-0.4, -0.2) is 89.4 Å². The molecule has 0 aliphatic carbocycles. The molecule has 0 spiro atoms. The number of aromatic nitrogens is 3. The summed E-state index contributed by atoms with van der Waals surface area (Å²) in [6.07, 6.45) is 3.31. The van der Waals surface area contributed by atoms with Gasteiger partial charge in [-0.3, -0.25) is 38.8 Å². The zero-order valence-electron chi connectivity index (χ0n) is 35.7. The zero-order chi connectivity index (χ0) is 44.8. The summed E-state index contributed by atoms with van der Waals surface area (Å²) in [4.78, 5) is 77.2. The van der Waals surface area contributed by atoms with Crippen molar-refractivity contribution in [2.75, 3.05) is 18.4 Å². The molecule has 0 saturated carbocycles. The lowest BCUT2D eigenvalue weighted by atomic mass is 9.83. The van der Waals surface area contributed by atoms with E-state index in [4.69, 9.17) is 10.2 Å². The quantitative estimate of drug-likeness (QED) is 0.0616. The number of amides is 4. The Kier molecular flexibility index (Phi) is 14.1. The lowest BCUT2D eigenvalue weighted by Gasteiger charge is -2.32. The van der Waals surface area contributed by atoms with Crippen molar-refractivity contribution in [3.8, 4) is 28.6 Å². The summed E-state index contributed by atoms with van der Waals surface area (Å²) in [5.74, 6) is -0.915. The van der Waals surface area contributed by atoms with E-state index in [1.54, 1.807) is 24.3 Å². The average molecular weight is 847 g/mol. The van der Waals surface area contributed by atoms with E-state index in [0.717, 1.165) is 42.8 Å². The van der Waals surface area contributed by atoms with Crippen molar-refractivity contribution in [2.45, 2.75) is 98.2 Å². The van der Waals surface area contributed by atoms with Crippen molar-refractivity contribution >= 4 is 41.2 Å². The fourth-order valence-corrected chi connectivity index (χ4v) is 8.59. The highest BCUT2D eigenvalue weighted by atomic mass is 16.3. The summed E-state index contributed by atoms with van der Waals surface area (Å²) in [6, 6.07) is 15.7. The second kappa shape index (κ2) is 19.5. The number of imide groups is 1. The van der Waals surface area contributed by atoms with Crippen LogP contribution in [0.25, 0.3) is 17.1 Å². The third kappa shape index (κ3) is 9.66. The third-order valence-electron chi connectivity index (χ3n) is 12.1. The van der Waals surface area contributed by atoms with Crippen LogP contribution in [-0.2, 0) is 43.5 Å². The molecule has 4 heterocycles. The predicted octanol–water partition coefficient (Wildman–Crippen LogP) is 5.78. The molecule has 2 fully saturated rings. The Morgan fingerprint density at radius 3 is 2.27 bits per heavy atom. The first-order valence-electron chi connectivity index (χ1n) is 21.1. The number of nitrogens with zero attached hydrogens (tertiary/aromatic N) is 5. The van der Waals surface area contributed by atoms with Gasteiger partial charge in [-0.2, -0.15) is 0 Å². The van der Waals surface area contributed by atoms with E-state index in [-0.39, 0.29) is 78.6 Å². The minimum atomic E-state index is -0.758. The normalized spacial score (nSPS) is 17.3. The number of phenols is 2. The Labute approximate surface area is 360 Å². The number of isocyanates is 1. The highest BCUT2D eigenvalue weighted by molar-refractivity contribution is 6.07. The maximum atomic E-state index is 13.8. The lowest BCUT2D eigenvalue weighted by molar-refractivity contribution is -0.137. The number of aromatic hydroxyl groups is 2. The number of carbonyl (C=O) groups is 5. The van der Waals surface area contributed by atoms with E-state index in [0.29, 0.717) is 53.0 Å². The van der Waals surface area contributed by atoms with Gasteiger partial charge in [0.1, 0.15) is 29.1 Å². The van der Waals surface area contributed by atoms with Gasteiger partial charge in [-0.1, -0.05) is 52.8 Å². The van der Waals surface area contributed by atoms with Gasteiger partial charge < -0.3 is 20.4 Å². The van der Waals surface area contributed by atoms with Crippen LogP contribution < -0.4 is 10.6 Å². The van der Waals surface area contributed by atoms with Gasteiger partial charge in [0.05, 0.1) is 5.56 Å². The molecule has 7 rings (SSSR count). The third-order valence-corrected chi connectivity index (χ3v) is 12.1. The van der Waals surface area contributed by atoms with Gasteiger partial charge >= 0.3 is 0 Å². The molecule has 16 heteroatoms. The Hall–Kier alpha value is -6.51. The van der Waals surface area contributed by atoms with Gasteiger partial charge in [0, 0.05) is 72.8 Å². The number of piperidine rings is 2. The summed E-state index contributed by atoms with van der Waals surface area (Å²) in [5.41, 5.74) is 4.70. The number of ketones is 1. The highest BCUT2D eigenvalue weighted by Gasteiger charge is 2.40. The van der Waals surface area contributed by atoms with E-state index in [1.165, 1.54) is 11.0 Å². The fourth-order valence-electron chi connectivity index (χ4n) is 8.59. The number of hydrogen-bond acceptors (Lipinski definition) is 12. The average Bonchev–Trinajstić information content (AvgIpc) is 3.81. The lowest BCUT2D eigenvalue weighted by Crippen LogP contribution is -2.52. The van der Waals surface area contributed by atoms with Gasteiger partial charge in [0.2, 0.25) is 23.8 Å². The number of hydrogen-bond donors (Lipinski definition) is 5. The highest BCUT2D eigenvalue weighted by Crippen LogP contribution is 2.39. The van der Waals surface area contributed by atoms with Crippen LogP contribution in [0.1, 0.15) is 106 Å². The van der Waals surface area contributed by atoms with Crippen molar-refractivity contribution in [1.29, 1.82) is 5.41 Å². The molecule has 3 aromatic carbocycles. The second-order valence-corrected chi connectivity index (χ2v) is 16.8. The molecule has 2 atom stereocenters. The molecule has 326 valence electrons. The monoisotopic (exact) mass is 846 g/mol. The van der Waals surface area contributed by atoms with Gasteiger partial charge in [0.25, 0.3) is 5.91 Å². The van der Waals surface area contributed by atoms with E-state index >= 15 is 0 Å². The number of anilines is 1. The van der Waals surface area contributed by atoms with E-state index in [1.807, 2.05) is 51.3 Å². The van der Waals surface area contributed by atoms with Crippen molar-refractivity contribution in [1.82, 2.24) is 29.9 Å². The molecule has 4 aromatic rings. The number of aryl methyl sites for hydroxylation is 1. The molecule has 3 aliphatic rings. The first-order valence-corrected chi connectivity index (χ1v) is 21.1. The van der Waals surface area contributed by atoms with Crippen LogP contribution in [0.15, 0.2) is 54.6 Å². The Bertz CT molecular complexity index is 2380. The molecule has 0 bridgehead atoms. The molecule has 16 nitrogen and oxygen atoms in total. The molecular formula is C46H54N8O8. The summed E-state index contributed by atoms with van der Waals surface area (Å²) in [5, 5.41) is 40.8. The molecule has 0 radical (unpaired) electrons. The molecule has 62 heavy (non-hydrogen) atoms. The molecular weight excluding hydrogens is 793 g/mol. The van der Waals surface area contributed by atoms with Crippen molar-refractivity contribution in [3.05, 3.63) is 82.7 Å². The smallest absolute Gasteiger partial charge is 0.255 e. The van der Waals surface area contributed by atoms with Crippen LogP contribution >= 0.6 is 0 Å². The number of nitrogens with one attached hydrogen (secondary N) is 3. The van der Waals surface area contributed by atoms with Crippen molar-refractivity contribution in [2.24, 2.45) is 17.8 Å². The Morgan fingerprint density at radius 1 is 0.952 bits per heavy atom. The predicted molar refractivity (Wildman–Crippen MR) is 229 cm³/mol. The van der Waals surface area contributed by atoms with Gasteiger partial charge in [-0.15, -0.1) is 10.2 Å². The largest absolute Gasteiger partial charge is 0.508 e. The molecule has 3 aliphatic heterocycles. The van der Waals surface area contributed by atoms with Gasteiger partial charge in [0.15, 0.2) is 5.82 Å². The minimum Gasteiger partial charge on any atom is -0.508 e. The number of likely N-dealkylation sites (tertiary alicyclic amines) is 1. The second-order valence-electron chi connectivity index (χ2n) is 16.8. The summed E-state index contributed by atoms with van der Waals surface area (Å²) in [6.45, 7) is 12.2. The molecule has 2 saturated heterocycles. The van der Waals surface area contributed by atoms with Crippen LogP contribution in [0.2, 0.25) is 0 Å². The number of carbonyl (C=O) groups excluding carboxylic acids is 6. The van der Waals surface area contributed by atoms with E-state index < -0.39 is 17.9 Å². The maximum absolute atomic E-state index is 13.8. The van der Waals surface area contributed by atoms with Gasteiger partial charge in [-0.05, 0) is 85.6 Å². The number of Topliss-reactive ketones (excluding diaryl/α,β-unsaturated/α-hetero) is 1. The first-order chi connectivity index (χ1) is 29.6. The number of fused-ring (bicyclic) bond motifs is 1. The van der Waals surface area contributed by atoms with E-state index in [9.17, 15) is 34.2 Å².